The number of amides is 2. The Labute approximate surface area is 162 Å². The van der Waals surface area contributed by atoms with Gasteiger partial charge in [-0.1, -0.05) is 23.2 Å². The molecule has 0 radical (unpaired) electrons. The third-order valence-corrected chi connectivity index (χ3v) is 4.87. The summed E-state index contributed by atoms with van der Waals surface area (Å²) in [6.45, 7) is 1.85. The molecule has 24 heavy (non-hydrogen) atoms. The predicted octanol–water partition coefficient (Wildman–Crippen LogP) is 4.69. The molecule has 2 aromatic carbocycles. The molecular formula is C17H11Cl2IN2O2. The molecule has 0 bridgehead atoms. The molecule has 0 saturated carbocycles. The summed E-state index contributed by atoms with van der Waals surface area (Å²) in [6.07, 6.45) is 0. The third-order valence-electron chi connectivity index (χ3n) is 3.56. The van der Waals surface area contributed by atoms with E-state index in [0.29, 0.717) is 16.4 Å². The molecule has 7 heteroatoms. The van der Waals surface area contributed by atoms with Crippen molar-refractivity contribution in [1.29, 1.82) is 0 Å². The Morgan fingerprint density at radius 3 is 2.29 bits per heavy atom. The Kier molecular flexibility index (Phi) is 4.85. The Balaban J connectivity index is 1.93. The lowest BCUT2D eigenvalue weighted by atomic mass is 10.2. The van der Waals surface area contributed by atoms with E-state index in [1.165, 1.54) is 0 Å². The molecule has 0 aromatic heterocycles. The summed E-state index contributed by atoms with van der Waals surface area (Å²) in [6, 6.07) is 12.2. The number of hydrogen-bond acceptors (Lipinski definition) is 3. The number of nitrogens with zero attached hydrogens (tertiary/aromatic N) is 1. The summed E-state index contributed by atoms with van der Waals surface area (Å²) >= 11 is 14.2. The van der Waals surface area contributed by atoms with E-state index in [0.717, 1.165) is 14.0 Å². The maximum atomic E-state index is 12.7. The molecule has 2 aromatic rings. The monoisotopic (exact) mass is 472 g/mol. The molecule has 0 saturated heterocycles. The predicted molar refractivity (Wildman–Crippen MR) is 104 cm³/mol. The number of anilines is 2. The van der Waals surface area contributed by atoms with Crippen LogP contribution in [0.15, 0.2) is 53.2 Å². The van der Waals surface area contributed by atoms with Gasteiger partial charge in [0, 0.05) is 14.3 Å². The van der Waals surface area contributed by atoms with Crippen LogP contribution >= 0.6 is 45.8 Å². The van der Waals surface area contributed by atoms with Crippen LogP contribution in [-0.2, 0) is 9.59 Å². The Morgan fingerprint density at radius 1 is 1.00 bits per heavy atom. The van der Waals surface area contributed by atoms with Crippen LogP contribution < -0.4 is 10.2 Å². The maximum Gasteiger partial charge on any atom is 0.283 e. The van der Waals surface area contributed by atoms with Gasteiger partial charge in [0.2, 0.25) is 0 Å². The van der Waals surface area contributed by atoms with Crippen molar-refractivity contribution in [3.8, 4) is 0 Å². The molecule has 1 aliphatic rings. The average molecular weight is 473 g/mol. The van der Waals surface area contributed by atoms with Crippen LogP contribution in [0.3, 0.4) is 0 Å². The van der Waals surface area contributed by atoms with Gasteiger partial charge in [0.05, 0.1) is 5.69 Å². The Hall–Kier alpha value is -1.57. The number of carbonyl (C=O) groups is 2. The quantitative estimate of drug-likeness (QED) is 0.520. The minimum absolute atomic E-state index is 0.0608. The van der Waals surface area contributed by atoms with E-state index in [2.05, 4.69) is 27.9 Å². The van der Waals surface area contributed by atoms with Crippen LogP contribution in [0.1, 0.15) is 5.56 Å². The minimum Gasteiger partial charge on any atom is -0.349 e. The molecule has 122 valence electrons. The van der Waals surface area contributed by atoms with Crippen molar-refractivity contribution in [2.75, 3.05) is 10.2 Å². The average Bonchev–Trinajstić information content (AvgIpc) is 2.74. The summed E-state index contributed by atoms with van der Waals surface area (Å²) in [5.41, 5.74) is 2.05. The van der Waals surface area contributed by atoms with E-state index in [9.17, 15) is 9.59 Å². The van der Waals surface area contributed by atoms with Crippen molar-refractivity contribution in [3.05, 3.63) is 67.4 Å². The summed E-state index contributed by atoms with van der Waals surface area (Å²) in [7, 11) is 0. The molecule has 0 aliphatic carbocycles. The molecule has 1 aliphatic heterocycles. The number of hydrogen-bond donors (Lipinski definition) is 1. The van der Waals surface area contributed by atoms with Gasteiger partial charge in [0.25, 0.3) is 11.8 Å². The van der Waals surface area contributed by atoms with Crippen molar-refractivity contribution in [1.82, 2.24) is 0 Å². The first-order valence-electron chi connectivity index (χ1n) is 6.96. The Morgan fingerprint density at radius 2 is 1.67 bits per heavy atom. The number of benzene rings is 2. The van der Waals surface area contributed by atoms with E-state index in [-0.39, 0.29) is 10.7 Å². The molecule has 3 rings (SSSR count). The van der Waals surface area contributed by atoms with E-state index >= 15 is 0 Å². The maximum absolute atomic E-state index is 12.7. The summed E-state index contributed by atoms with van der Waals surface area (Å²) in [5.74, 6) is -1.03. The van der Waals surface area contributed by atoms with Gasteiger partial charge >= 0.3 is 0 Å². The van der Waals surface area contributed by atoms with Gasteiger partial charge in [-0.05, 0) is 77.5 Å². The molecule has 1 heterocycles. The molecule has 0 spiro atoms. The molecule has 0 fully saturated rings. The summed E-state index contributed by atoms with van der Waals surface area (Å²) in [5, 5.41) is 3.41. The second kappa shape index (κ2) is 6.74. The smallest absolute Gasteiger partial charge is 0.283 e. The minimum atomic E-state index is -0.544. The molecule has 2 amide bonds. The zero-order chi connectivity index (χ0) is 17.4. The second-order valence-electron chi connectivity index (χ2n) is 5.20. The third kappa shape index (κ3) is 3.16. The van der Waals surface area contributed by atoms with Crippen molar-refractivity contribution in [2.24, 2.45) is 0 Å². The highest BCUT2D eigenvalue weighted by molar-refractivity contribution is 14.1. The summed E-state index contributed by atoms with van der Waals surface area (Å²) < 4.78 is 1.00. The van der Waals surface area contributed by atoms with Gasteiger partial charge in [0.1, 0.15) is 10.7 Å². The fourth-order valence-corrected chi connectivity index (χ4v) is 3.14. The topological polar surface area (TPSA) is 49.4 Å². The molecule has 0 unspecified atom stereocenters. The number of nitrogens with one attached hydrogen (secondary N) is 1. The fourth-order valence-electron chi connectivity index (χ4n) is 2.34. The molecule has 0 atom stereocenters. The van der Waals surface area contributed by atoms with Crippen molar-refractivity contribution in [2.45, 2.75) is 6.92 Å². The van der Waals surface area contributed by atoms with Crippen LogP contribution in [0.25, 0.3) is 0 Å². The standard InChI is InChI=1S/C17H11Cl2IN2O2/c1-9-8-10(18)2-7-13(9)21-15-14(19)16(23)22(17(15)24)12-5-3-11(20)4-6-12/h2-8,21H,1H3. The van der Waals surface area contributed by atoms with Gasteiger partial charge < -0.3 is 5.32 Å². The SMILES string of the molecule is Cc1cc(Cl)ccc1NC1=C(Cl)C(=O)N(c2ccc(I)cc2)C1=O. The highest BCUT2D eigenvalue weighted by Crippen LogP contribution is 2.31. The van der Waals surface area contributed by atoms with Gasteiger partial charge in [0.15, 0.2) is 0 Å². The molecule has 1 N–H and O–H groups in total. The second-order valence-corrected chi connectivity index (χ2v) is 7.26. The fraction of sp³-hybridized carbons (Fsp3) is 0.0588. The lowest BCUT2D eigenvalue weighted by Crippen LogP contribution is -2.32. The van der Waals surface area contributed by atoms with Gasteiger partial charge in [-0.25, -0.2) is 4.90 Å². The number of rotatable bonds is 3. The zero-order valence-electron chi connectivity index (χ0n) is 12.4. The van der Waals surface area contributed by atoms with Crippen LogP contribution in [-0.4, -0.2) is 11.8 Å². The number of imide groups is 1. The summed E-state index contributed by atoms with van der Waals surface area (Å²) in [4.78, 5) is 26.1. The van der Waals surface area contributed by atoms with Crippen LogP contribution in [0.2, 0.25) is 5.02 Å². The Bertz CT molecular complexity index is 879. The zero-order valence-corrected chi connectivity index (χ0v) is 16.1. The molecule has 4 nitrogen and oxygen atoms in total. The van der Waals surface area contributed by atoms with Crippen LogP contribution in [0.5, 0.6) is 0 Å². The van der Waals surface area contributed by atoms with Crippen molar-refractivity contribution in [3.63, 3.8) is 0 Å². The van der Waals surface area contributed by atoms with E-state index in [1.54, 1.807) is 30.3 Å². The first-order chi connectivity index (χ1) is 11.4. The normalized spacial score (nSPS) is 14.6. The van der Waals surface area contributed by atoms with E-state index < -0.39 is 11.8 Å². The molecular weight excluding hydrogens is 462 g/mol. The van der Waals surface area contributed by atoms with E-state index in [4.69, 9.17) is 23.2 Å². The first kappa shape index (κ1) is 17.3. The van der Waals surface area contributed by atoms with Crippen molar-refractivity contribution >= 4 is 69.0 Å². The lowest BCUT2D eigenvalue weighted by Gasteiger charge is -2.15. The van der Waals surface area contributed by atoms with Crippen LogP contribution in [0, 0.1) is 10.5 Å². The number of aryl methyl sites for hydroxylation is 1. The van der Waals surface area contributed by atoms with Crippen molar-refractivity contribution < 1.29 is 9.59 Å². The number of halogens is 3. The highest BCUT2D eigenvalue weighted by atomic mass is 127. The number of carbonyl (C=O) groups excluding carboxylic acids is 2. The largest absolute Gasteiger partial charge is 0.349 e. The highest BCUT2D eigenvalue weighted by Gasteiger charge is 2.39. The van der Waals surface area contributed by atoms with Gasteiger partial charge in [-0.3, -0.25) is 9.59 Å². The lowest BCUT2D eigenvalue weighted by molar-refractivity contribution is -0.120. The first-order valence-corrected chi connectivity index (χ1v) is 8.79. The van der Waals surface area contributed by atoms with Gasteiger partial charge in [-0.2, -0.15) is 0 Å². The van der Waals surface area contributed by atoms with Crippen LogP contribution in [0.4, 0.5) is 11.4 Å². The van der Waals surface area contributed by atoms with E-state index in [1.807, 2.05) is 19.1 Å². The van der Waals surface area contributed by atoms with Gasteiger partial charge in [-0.15, -0.1) is 0 Å².